The summed E-state index contributed by atoms with van der Waals surface area (Å²) >= 11 is 0. The van der Waals surface area contributed by atoms with E-state index in [4.69, 9.17) is 4.74 Å². The summed E-state index contributed by atoms with van der Waals surface area (Å²) in [5.74, 6) is -0.575. The van der Waals surface area contributed by atoms with Crippen molar-refractivity contribution in [3.8, 4) is 0 Å². The average molecular weight is 400 g/mol. The van der Waals surface area contributed by atoms with E-state index in [1.807, 2.05) is 18.2 Å². The van der Waals surface area contributed by atoms with Crippen LogP contribution >= 0.6 is 0 Å². The van der Waals surface area contributed by atoms with Gasteiger partial charge in [0.25, 0.3) is 12.3 Å². The first-order valence-electron chi connectivity index (χ1n) is 9.47. The van der Waals surface area contributed by atoms with Crippen LogP contribution in [0.1, 0.15) is 28.2 Å². The molecule has 1 saturated heterocycles. The smallest absolute Gasteiger partial charge is 0.295 e. The van der Waals surface area contributed by atoms with E-state index in [0.717, 1.165) is 24.3 Å². The number of benzene rings is 2. The molecule has 0 unspecified atom stereocenters. The molecule has 1 amide bonds. The van der Waals surface area contributed by atoms with Crippen LogP contribution in [-0.2, 0) is 11.3 Å². The zero-order valence-corrected chi connectivity index (χ0v) is 16.1. The maximum atomic E-state index is 12.9. The molecular formula is C21H22F2N4O2. The molecule has 1 fully saturated rings. The Balaban J connectivity index is 1.53. The highest BCUT2D eigenvalue weighted by Crippen LogP contribution is 2.24. The van der Waals surface area contributed by atoms with Crippen LogP contribution in [0.15, 0.2) is 42.5 Å². The number of nitrogens with zero attached hydrogens (tertiary/aromatic N) is 3. The number of fused-ring (bicyclic) bond motifs is 1. The summed E-state index contributed by atoms with van der Waals surface area (Å²) in [6, 6.07) is 12.8. The third-order valence-electron chi connectivity index (χ3n) is 5.05. The van der Waals surface area contributed by atoms with Crippen molar-refractivity contribution in [3.63, 3.8) is 0 Å². The lowest BCUT2D eigenvalue weighted by molar-refractivity contribution is 0.0785. The van der Waals surface area contributed by atoms with Crippen LogP contribution in [0.4, 0.5) is 14.5 Å². The van der Waals surface area contributed by atoms with Crippen molar-refractivity contribution < 1.29 is 18.3 Å². The van der Waals surface area contributed by atoms with Gasteiger partial charge in [0.1, 0.15) is 0 Å². The molecule has 1 aliphatic rings. The van der Waals surface area contributed by atoms with Crippen LogP contribution in [0.3, 0.4) is 0 Å². The van der Waals surface area contributed by atoms with Gasteiger partial charge in [-0.15, -0.1) is 0 Å². The van der Waals surface area contributed by atoms with E-state index in [1.165, 1.54) is 0 Å². The molecule has 1 aliphatic heterocycles. The SMILES string of the molecule is CN(Cc1ccccc1N1CCOCC1)C(=O)c1ccc2nc(C(F)F)[nH]c2c1. The molecule has 6 nitrogen and oxygen atoms in total. The van der Waals surface area contributed by atoms with E-state index >= 15 is 0 Å². The quantitative estimate of drug-likeness (QED) is 0.711. The number of para-hydroxylation sites is 1. The van der Waals surface area contributed by atoms with Gasteiger partial charge < -0.3 is 19.5 Å². The monoisotopic (exact) mass is 400 g/mol. The Hall–Kier alpha value is -3.00. The Labute approximate surface area is 167 Å². The van der Waals surface area contributed by atoms with Crippen LogP contribution in [0, 0.1) is 0 Å². The Morgan fingerprint density at radius 1 is 1.24 bits per heavy atom. The fourth-order valence-electron chi connectivity index (χ4n) is 3.57. The number of morpholine rings is 1. The number of alkyl halides is 2. The van der Waals surface area contributed by atoms with Crippen LogP contribution in [-0.4, -0.2) is 54.1 Å². The second kappa shape index (κ2) is 8.16. The van der Waals surface area contributed by atoms with Crippen molar-refractivity contribution in [1.82, 2.24) is 14.9 Å². The molecule has 2 aromatic carbocycles. The number of nitrogens with one attached hydrogen (secondary N) is 1. The maximum absolute atomic E-state index is 12.9. The zero-order chi connectivity index (χ0) is 20.4. The van der Waals surface area contributed by atoms with Gasteiger partial charge in [-0.3, -0.25) is 4.79 Å². The predicted molar refractivity (Wildman–Crippen MR) is 106 cm³/mol. The number of amides is 1. The highest BCUT2D eigenvalue weighted by molar-refractivity contribution is 5.97. The molecule has 0 spiro atoms. The van der Waals surface area contributed by atoms with Gasteiger partial charge in [-0.2, -0.15) is 0 Å². The van der Waals surface area contributed by atoms with E-state index in [1.54, 1.807) is 30.1 Å². The lowest BCUT2D eigenvalue weighted by Gasteiger charge is -2.31. The molecule has 3 aromatic rings. The first-order chi connectivity index (χ1) is 14.0. The number of ether oxygens (including phenoxy) is 1. The molecule has 0 radical (unpaired) electrons. The maximum Gasteiger partial charge on any atom is 0.295 e. The average Bonchev–Trinajstić information content (AvgIpc) is 3.18. The Bertz CT molecular complexity index is 1010. The minimum atomic E-state index is -2.68. The lowest BCUT2D eigenvalue weighted by atomic mass is 10.1. The van der Waals surface area contributed by atoms with Gasteiger partial charge in [-0.05, 0) is 29.8 Å². The summed E-state index contributed by atoms with van der Waals surface area (Å²) < 4.78 is 31.1. The molecule has 1 aromatic heterocycles. The topological polar surface area (TPSA) is 61.5 Å². The van der Waals surface area contributed by atoms with Crippen molar-refractivity contribution in [1.29, 1.82) is 0 Å². The first-order valence-corrected chi connectivity index (χ1v) is 9.47. The molecule has 8 heteroatoms. The number of carbonyl (C=O) groups is 1. The predicted octanol–water partition coefficient (Wildman–Crippen LogP) is 3.61. The van der Waals surface area contributed by atoms with Gasteiger partial charge in [0.2, 0.25) is 0 Å². The summed E-state index contributed by atoms with van der Waals surface area (Å²) in [6.07, 6.45) is -2.68. The number of rotatable bonds is 5. The molecule has 1 N–H and O–H groups in total. The molecule has 4 rings (SSSR count). The number of aromatic amines is 1. The zero-order valence-electron chi connectivity index (χ0n) is 16.1. The van der Waals surface area contributed by atoms with Crippen molar-refractivity contribution in [2.75, 3.05) is 38.3 Å². The number of imidazole rings is 1. The van der Waals surface area contributed by atoms with E-state index < -0.39 is 12.2 Å². The summed E-state index contributed by atoms with van der Waals surface area (Å²) in [6.45, 7) is 3.45. The number of hydrogen-bond acceptors (Lipinski definition) is 4. The van der Waals surface area contributed by atoms with Gasteiger partial charge >= 0.3 is 0 Å². The number of anilines is 1. The number of aromatic nitrogens is 2. The van der Waals surface area contributed by atoms with Gasteiger partial charge in [0.15, 0.2) is 5.82 Å². The van der Waals surface area contributed by atoms with E-state index in [2.05, 4.69) is 20.9 Å². The van der Waals surface area contributed by atoms with Gasteiger partial charge in [0, 0.05) is 37.9 Å². The van der Waals surface area contributed by atoms with E-state index in [9.17, 15) is 13.6 Å². The van der Waals surface area contributed by atoms with Crippen LogP contribution in [0.5, 0.6) is 0 Å². The number of H-pyrrole nitrogens is 1. The third kappa shape index (κ3) is 4.07. The number of carbonyl (C=O) groups excluding carboxylic acids is 1. The molecular weight excluding hydrogens is 378 g/mol. The molecule has 152 valence electrons. The fourth-order valence-corrected chi connectivity index (χ4v) is 3.57. The Kier molecular flexibility index (Phi) is 5.44. The molecule has 0 atom stereocenters. The first kappa shape index (κ1) is 19.3. The van der Waals surface area contributed by atoms with E-state index in [0.29, 0.717) is 36.4 Å². The normalized spacial score (nSPS) is 14.6. The Morgan fingerprint density at radius 3 is 2.76 bits per heavy atom. The van der Waals surface area contributed by atoms with Crippen LogP contribution in [0.25, 0.3) is 11.0 Å². The minimum Gasteiger partial charge on any atom is -0.378 e. The van der Waals surface area contributed by atoms with Crippen molar-refractivity contribution >= 4 is 22.6 Å². The van der Waals surface area contributed by atoms with Crippen LogP contribution in [0.2, 0.25) is 0 Å². The molecule has 2 heterocycles. The number of halogens is 2. The van der Waals surface area contributed by atoms with E-state index in [-0.39, 0.29) is 5.91 Å². The molecule has 0 aliphatic carbocycles. The Morgan fingerprint density at radius 2 is 2.00 bits per heavy atom. The van der Waals surface area contributed by atoms with Crippen molar-refractivity contribution in [2.24, 2.45) is 0 Å². The lowest BCUT2D eigenvalue weighted by Crippen LogP contribution is -2.37. The second-order valence-electron chi connectivity index (χ2n) is 7.04. The van der Waals surface area contributed by atoms with Crippen molar-refractivity contribution in [2.45, 2.75) is 13.0 Å². The third-order valence-corrected chi connectivity index (χ3v) is 5.05. The fraction of sp³-hybridized carbons (Fsp3) is 0.333. The van der Waals surface area contributed by atoms with Gasteiger partial charge in [-0.25, -0.2) is 13.8 Å². The summed E-state index contributed by atoms with van der Waals surface area (Å²) in [7, 11) is 1.74. The van der Waals surface area contributed by atoms with Gasteiger partial charge in [0.05, 0.1) is 24.2 Å². The molecule has 29 heavy (non-hydrogen) atoms. The molecule has 0 saturated carbocycles. The largest absolute Gasteiger partial charge is 0.378 e. The minimum absolute atomic E-state index is 0.183. The highest BCUT2D eigenvalue weighted by atomic mass is 19.3. The highest BCUT2D eigenvalue weighted by Gasteiger charge is 2.19. The second-order valence-corrected chi connectivity index (χ2v) is 7.04. The van der Waals surface area contributed by atoms with Gasteiger partial charge in [-0.1, -0.05) is 18.2 Å². The summed E-state index contributed by atoms with van der Waals surface area (Å²) in [5.41, 5.74) is 3.41. The van der Waals surface area contributed by atoms with Crippen molar-refractivity contribution in [3.05, 3.63) is 59.4 Å². The molecule has 0 bridgehead atoms. The summed E-state index contributed by atoms with van der Waals surface area (Å²) in [4.78, 5) is 23.2. The van der Waals surface area contributed by atoms with Crippen LogP contribution < -0.4 is 4.90 Å². The summed E-state index contributed by atoms with van der Waals surface area (Å²) in [5, 5.41) is 0. The number of hydrogen-bond donors (Lipinski definition) is 1. The standard InChI is InChI=1S/C21H22F2N4O2/c1-26(13-15-4-2-3-5-18(15)27-8-10-29-11-9-27)21(28)14-6-7-16-17(12-14)25-20(24-16)19(22)23/h2-7,12,19H,8-11,13H2,1H3,(H,24,25).